The van der Waals surface area contributed by atoms with Gasteiger partial charge in [-0.1, -0.05) is 42.5 Å². The Kier molecular flexibility index (Phi) is 9.14. The minimum Gasteiger partial charge on any atom is -0.486 e. The molecule has 0 heterocycles. The van der Waals surface area contributed by atoms with Gasteiger partial charge in [-0.2, -0.15) is 0 Å². The number of nitrogens with one attached hydrogen (secondary N) is 1. The molecule has 1 atom stereocenters. The van der Waals surface area contributed by atoms with Crippen LogP contribution in [0.5, 0.6) is 5.75 Å². The van der Waals surface area contributed by atoms with E-state index in [-0.39, 0.29) is 41.6 Å². The Hall–Kier alpha value is -1.83. The maximum atomic E-state index is 13.5. The van der Waals surface area contributed by atoms with E-state index in [2.05, 4.69) is 22.4 Å². The fraction of sp³-hybridized carbons (Fsp3) is 0.278. The maximum absolute atomic E-state index is 13.5. The van der Waals surface area contributed by atoms with Gasteiger partial charge < -0.3 is 15.8 Å². The first-order chi connectivity index (χ1) is 11.1. The second-order valence-corrected chi connectivity index (χ2v) is 5.25. The summed E-state index contributed by atoms with van der Waals surface area (Å²) >= 11 is 0. The Morgan fingerprint density at radius 2 is 1.83 bits per heavy atom. The standard InChI is InChI=1S/C18H22FN3O.HI/c1-14(23-17-10-6-5-9-16(17)19)13-22-18(20)21-12-11-15-7-3-2-4-8-15;/h2-10,14H,11-13H2,1H3,(H3,20,21,22);1H. The summed E-state index contributed by atoms with van der Waals surface area (Å²) in [6.45, 7) is 2.90. The van der Waals surface area contributed by atoms with E-state index in [1.807, 2.05) is 25.1 Å². The summed E-state index contributed by atoms with van der Waals surface area (Å²) in [4.78, 5) is 4.22. The number of rotatable bonds is 7. The number of nitrogens with zero attached hydrogens (tertiary/aromatic N) is 1. The molecule has 130 valence electrons. The Bertz CT molecular complexity index is 637. The van der Waals surface area contributed by atoms with Crippen molar-refractivity contribution < 1.29 is 9.13 Å². The largest absolute Gasteiger partial charge is 0.486 e. The highest BCUT2D eigenvalue weighted by atomic mass is 127. The molecule has 0 aliphatic rings. The minimum absolute atomic E-state index is 0. The molecule has 2 aromatic rings. The van der Waals surface area contributed by atoms with Crippen LogP contribution in [0.4, 0.5) is 4.39 Å². The molecule has 3 N–H and O–H groups in total. The normalized spacial score (nSPS) is 12.2. The van der Waals surface area contributed by atoms with Crippen LogP contribution in [0.3, 0.4) is 0 Å². The van der Waals surface area contributed by atoms with Crippen molar-refractivity contribution in [2.24, 2.45) is 10.7 Å². The number of halogens is 2. The summed E-state index contributed by atoms with van der Waals surface area (Å²) < 4.78 is 19.0. The lowest BCUT2D eigenvalue weighted by atomic mass is 10.1. The summed E-state index contributed by atoms with van der Waals surface area (Å²) in [5.74, 6) is 0.216. The van der Waals surface area contributed by atoms with Gasteiger partial charge in [-0.3, -0.25) is 0 Å². The van der Waals surface area contributed by atoms with Crippen molar-refractivity contribution in [2.45, 2.75) is 19.4 Å². The van der Waals surface area contributed by atoms with Crippen LogP contribution < -0.4 is 15.8 Å². The molecule has 6 heteroatoms. The molecular weight excluding hydrogens is 420 g/mol. The van der Waals surface area contributed by atoms with Crippen molar-refractivity contribution >= 4 is 29.9 Å². The third kappa shape index (κ3) is 7.16. The third-order valence-electron chi connectivity index (χ3n) is 3.25. The van der Waals surface area contributed by atoms with Gasteiger partial charge >= 0.3 is 0 Å². The summed E-state index contributed by atoms with van der Waals surface area (Å²) in [6.07, 6.45) is 0.611. The zero-order valence-electron chi connectivity index (χ0n) is 13.6. The highest BCUT2D eigenvalue weighted by Crippen LogP contribution is 2.16. The van der Waals surface area contributed by atoms with Gasteiger partial charge in [-0.15, -0.1) is 24.0 Å². The van der Waals surface area contributed by atoms with Crippen molar-refractivity contribution in [3.63, 3.8) is 0 Å². The molecule has 4 nitrogen and oxygen atoms in total. The number of para-hydroxylation sites is 1. The van der Waals surface area contributed by atoms with Crippen LogP contribution >= 0.6 is 24.0 Å². The number of aliphatic imine (C=N–C) groups is 1. The number of guanidine groups is 1. The quantitative estimate of drug-likeness (QED) is 0.392. The van der Waals surface area contributed by atoms with Crippen molar-refractivity contribution in [3.05, 3.63) is 66.0 Å². The second-order valence-electron chi connectivity index (χ2n) is 5.25. The lowest BCUT2D eigenvalue weighted by molar-refractivity contribution is 0.220. The van der Waals surface area contributed by atoms with Gasteiger partial charge in [0.25, 0.3) is 0 Å². The highest BCUT2D eigenvalue weighted by Gasteiger charge is 2.07. The molecular formula is C18H23FIN3O. The van der Waals surface area contributed by atoms with Crippen LogP contribution in [0.2, 0.25) is 0 Å². The molecule has 0 amide bonds. The van der Waals surface area contributed by atoms with E-state index in [4.69, 9.17) is 10.5 Å². The molecule has 0 bridgehead atoms. The molecule has 1 unspecified atom stereocenters. The maximum Gasteiger partial charge on any atom is 0.188 e. The molecule has 0 saturated carbocycles. The zero-order chi connectivity index (χ0) is 16.5. The molecule has 0 radical (unpaired) electrons. The predicted octanol–water partition coefficient (Wildman–Crippen LogP) is 3.36. The van der Waals surface area contributed by atoms with E-state index in [9.17, 15) is 4.39 Å². The molecule has 0 aromatic heterocycles. The van der Waals surface area contributed by atoms with E-state index in [0.29, 0.717) is 19.0 Å². The zero-order valence-corrected chi connectivity index (χ0v) is 15.9. The Balaban J connectivity index is 0.00000288. The van der Waals surface area contributed by atoms with Crippen LogP contribution in [0, 0.1) is 5.82 Å². The number of hydrogen-bond donors (Lipinski definition) is 2. The molecule has 0 aliphatic heterocycles. The second kappa shape index (κ2) is 10.9. The lowest BCUT2D eigenvalue weighted by Gasteiger charge is -2.13. The Morgan fingerprint density at radius 3 is 2.54 bits per heavy atom. The topological polar surface area (TPSA) is 59.6 Å². The minimum atomic E-state index is -0.378. The summed E-state index contributed by atoms with van der Waals surface area (Å²) in [5, 5.41) is 3.06. The molecule has 2 aromatic carbocycles. The van der Waals surface area contributed by atoms with Crippen molar-refractivity contribution in [1.29, 1.82) is 0 Å². The average molecular weight is 443 g/mol. The SMILES string of the molecule is CC(CN=C(N)NCCc1ccccc1)Oc1ccccc1F.I. The van der Waals surface area contributed by atoms with Gasteiger partial charge in [0.05, 0.1) is 6.54 Å². The Morgan fingerprint density at radius 1 is 1.17 bits per heavy atom. The molecule has 24 heavy (non-hydrogen) atoms. The first-order valence-corrected chi connectivity index (χ1v) is 7.64. The first-order valence-electron chi connectivity index (χ1n) is 7.64. The molecule has 0 spiro atoms. The van der Waals surface area contributed by atoms with Crippen molar-refractivity contribution in [1.82, 2.24) is 5.32 Å². The highest BCUT2D eigenvalue weighted by molar-refractivity contribution is 14.0. The van der Waals surface area contributed by atoms with E-state index in [0.717, 1.165) is 6.42 Å². The number of nitrogens with two attached hydrogens (primary N) is 1. The van der Waals surface area contributed by atoms with Crippen molar-refractivity contribution in [2.75, 3.05) is 13.1 Å². The van der Waals surface area contributed by atoms with Crippen LogP contribution in [0.15, 0.2) is 59.6 Å². The molecule has 0 saturated heterocycles. The van der Waals surface area contributed by atoms with E-state index >= 15 is 0 Å². The van der Waals surface area contributed by atoms with Crippen LogP contribution in [0.25, 0.3) is 0 Å². The monoisotopic (exact) mass is 443 g/mol. The van der Waals surface area contributed by atoms with Gasteiger partial charge in [0, 0.05) is 6.54 Å². The molecule has 2 rings (SSSR count). The van der Waals surface area contributed by atoms with Gasteiger partial charge in [0.2, 0.25) is 0 Å². The van der Waals surface area contributed by atoms with Crippen LogP contribution in [-0.4, -0.2) is 25.2 Å². The third-order valence-corrected chi connectivity index (χ3v) is 3.25. The Labute approximate surface area is 159 Å². The lowest BCUT2D eigenvalue weighted by Crippen LogP contribution is -2.34. The smallest absolute Gasteiger partial charge is 0.188 e. The molecule has 0 fully saturated rings. The predicted molar refractivity (Wildman–Crippen MR) is 107 cm³/mol. The average Bonchev–Trinajstić information content (AvgIpc) is 2.56. The van der Waals surface area contributed by atoms with E-state index in [1.165, 1.54) is 11.6 Å². The van der Waals surface area contributed by atoms with Gasteiger partial charge in [-0.05, 0) is 31.0 Å². The van der Waals surface area contributed by atoms with Gasteiger partial charge in [-0.25, -0.2) is 9.38 Å². The summed E-state index contributed by atoms with van der Waals surface area (Å²) in [6, 6.07) is 16.5. The van der Waals surface area contributed by atoms with Crippen LogP contribution in [-0.2, 0) is 6.42 Å². The first kappa shape index (κ1) is 20.2. The summed E-state index contributed by atoms with van der Waals surface area (Å²) in [5.41, 5.74) is 7.06. The van der Waals surface area contributed by atoms with E-state index < -0.39 is 0 Å². The van der Waals surface area contributed by atoms with E-state index in [1.54, 1.807) is 18.2 Å². The number of benzene rings is 2. The van der Waals surface area contributed by atoms with Crippen molar-refractivity contribution in [3.8, 4) is 5.75 Å². The molecule has 0 aliphatic carbocycles. The summed E-state index contributed by atoms with van der Waals surface area (Å²) in [7, 11) is 0. The van der Waals surface area contributed by atoms with Gasteiger partial charge in [0.15, 0.2) is 17.5 Å². The fourth-order valence-corrected chi connectivity index (χ4v) is 2.06. The van der Waals surface area contributed by atoms with Gasteiger partial charge in [0.1, 0.15) is 6.10 Å². The fourth-order valence-electron chi connectivity index (χ4n) is 2.06. The number of hydrogen-bond acceptors (Lipinski definition) is 2. The number of ether oxygens (including phenoxy) is 1. The van der Waals surface area contributed by atoms with Crippen LogP contribution in [0.1, 0.15) is 12.5 Å².